The standard InChI is InChI=1S/C21H19ClN2O/c1-24-12-4-7-20(24)21(25)17-13-19(14-8-10-15(22)11-9-14)23-18-6-3-2-5-16(17)18/h2-3,5-6,8-11,13,20H,4,7,12H2,1H3. The third kappa shape index (κ3) is 3.06. The second-order valence-corrected chi connectivity index (χ2v) is 7.02. The van der Waals surface area contributed by atoms with Crippen molar-refractivity contribution in [3.05, 3.63) is 65.2 Å². The molecule has 0 bridgehead atoms. The van der Waals surface area contributed by atoms with Crippen LogP contribution in [0.25, 0.3) is 22.2 Å². The van der Waals surface area contributed by atoms with Crippen molar-refractivity contribution < 1.29 is 4.79 Å². The number of likely N-dealkylation sites (tertiary alicyclic amines) is 1. The van der Waals surface area contributed by atoms with Gasteiger partial charge in [0.05, 0.1) is 17.3 Å². The van der Waals surface area contributed by atoms with Gasteiger partial charge >= 0.3 is 0 Å². The largest absolute Gasteiger partial charge is 0.296 e. The molecule has 1 aliphatic rings. The molecule has 0 aliphatic carbocycles. The Morgan fingerprint density at radius 2 is 1.92 bits per heavy atom. The first-order valence-electron chi connectivity index (χ1n) is 8.53. The maximum Gasteiger partial charge on any atom is 0.180 e. The van der Waals surface area contributed by atoms with E-state index in [1.165, 1.54) is 0 Å². The zero-order valence-corrected chi connectivity index (χ0v) is 14.8. The molecule has 126 valence electrons. The maximum absolute atomic E-state index is 13.2. The minimum Gasteiger partial charge on any atom is -0.296 e. The van der Waals surface area contributed by atoms with Gasteiger partial charge in [0.15, 0.2) is 5.78 Å². The molecule has 1 atom stereocenters. The number of fused-ring (bicyclic) bond motifs is 1. The number of likely N-dealkylation sites (N-methyl/N-ethyl adjacent to an activating group) is 1. The van der Waals surface area contributed by atoms with Gasteiger partial charge in [-0.3, -0.25) is 9.69 Å². The van der Waals surface area contributed by atoms with Crippen molar-refractivity contribution in [3.63, 3.8) is 0 Å². The Morgan fingerprint density at radius 3 is 2.64 bits per heavy atom. The van der Waals surface area contributed by atoms with Gasteiger partial charge in [-0.15, -0.1) is 0 Å². The minimum atomic E-state index is -0.0381. The molecule has 1 fully saturated rings. The van der Waals surface area contributed by atoms with E-state index in [2.05, 4.69) is 4.90 Å². The van der Waals surface area contributed by atoms with Crippen LogP contribution >= 0.6 is 11.6 Å². The summed E-state index contributed by atoms with van der Waals surface area (Å²) in [5, 5.41) is 1.61. The van der Waals surface area contributed by atoms with E-state index in [1.807, 2.05) is 61.6 Å². The number of carbonyl (C=O) groups excluding carboxylic acids is 1. The maximum atomic E-state index is 13.2. The third-order valence-corrected chi connectivity index (χ3v) is 5.20. The van der Waals surface area contributed by atoms with Crippen LogP contribution in [0.4, 0.5) is 0 Å². The van der Waals surface area contributed by atoms with Crippen LogP contribution in [0.1, 0.15) is 23.2 Å². The van der Waals surface area contributed by atoms with Gasteiger partial charge in [-0.25, -0.2) is 4.98 Å². The molecule has 3 nitrogen and oxygen atoms in total. The van der Waals surface area contributed by atoms with E-state index < -0.39 is 0 Å². The van der Waals surface area contributed by atoms with E-state index in [0.29, 0.717) is 5.02 Å². The number of rotatable bonds is 3. The first-order chi connectivity index (χ1) is 12.1. The van der Waals surface area contributed by atoms with Gasteiger partial charge in [0.2, 0.25) is 0 Å². The number of benzene rings is 2. The Morgan fingerprint density at radius 1 is 1.16 bits per heavy atom. The summed E-state index contributed by atoms with van der Waals surface area (Å²) in [6.07, 6.45) is 1.99. The van der Waals surface area contributed by atoms with Crippen molar-refractivity contribution in [1.29, 1.82) is 0 Å². The lowest BCUT2D eigenvalue weighted by molar-refractivity contribution is 0.0892. The zero-order valence-electron chi connectivity index (χ0n) is 14.1. The summed E-state index contributed by atoms with van der Waals surface area (Å²) >= 11 is 6.00. The fourth-order valence-corrected chi connectivity index (χ4v) is 3.69. The summed E-state index contributed by atoms with van der Waals surface area (Å²) in [6, 6.07) is 17.3. The van der Waals surface area contributed by atoms with Crippen molar-refractivity contribution in [3.8, 4) is 11.3 Å². The summed E-state index contributed by atoms with van der Waals surface area (Å²) in [5.41, 5.74) is 3.37. The molecule has 0 saturated carbocycles. The highest BCUT2D eigenvalue weighted by atomic mass is 35.5. The van der Waals surface area contributed by atoms with Gasteiger partial charge in [0, 0.05) is 21.5 Å². The number of hydrogen-bond acceptors (Lipinski definition) is 3. The van der Waals surface area contributed by atoms with Gasteiger partial charge in [-0.2, -0.15) is 0 Å². The lowest BCUT2D eigenvalue weighted by Crippen LogP contribution is -2.33. The first kappa shape index (κ1) is 16.2. The molecular weight excluding hydrogens is 332 g/mol. The summed E-state index contributed by atoms with van der Waals surface area (Å²) in [6.45, 7) is 0.976. The molecule has 0 N–H and O–H groups in total. The predicted octanol–water partition coefficient (Wildman–Crippen LogP) is 4.83. The molecule has 2 aromatic carbocycles. The highest BCUT2D eigenvalue weighted by Crippen LogP contribution is 2.29. The molecule has 0 spiro atoms. The molecule has 2 heterocycles. The fourth-order valence-electron chi connectivity index (χ4n) is 3.57. The highest BCUT2D eigenvalue weighted by molar-refractivity contribution is 6.30. The fraction of sp³-hybridized carbons (Fsp3) is 0.238. The number of nitrogens with zero attached hydrogens (tertiary/aromatic N) is 2. The van der Waals surface area contributed by atoms with Crippen LogP contribution in [0.2, 0.25) is 5.02 Å². The van der Waals surface area contributed by atoms with Crippen molar-refractivity contribution in [1.82, 2.24) is 9.88 Å². The Balaban J connectivity index is 1.87. The molecule has 1 saturated heterocycles. The lowest BCUT2D eigenvalue weighted by Gasteiger charge is -2.19. The van der Waals surface area contributed by atoms with Crippen molar-refractivity contribution in [2.45, 2.75) is 18.9 Å². The number of aromatic nitrogens is 1. The van der Waals surface area contributed by atoms with E-state index in [0.717, 1.165) is 47.1 Å². The van der Waals surface area contributed by atoms with Crippen molar-refractivity contribution in [2.24, 2.45) is 0 Å². The monoisotopic (exact) mass is 350 g/mol. The SMILES string of the molecule is CN1CCCC1C(=O)c1cc(-c2ccc(Cl)cc2)nc2ccccc12. The van der Waals surface area contributed by atoms with Gasteiger partial charge in [0.1, 0.15) is 0 Å². The smallest absolute Gasteiger partial charge is 0.180 e. The Hall–Kier alpha value is -2.23. The molecule has 0 amide bonds. The van der Waals surface area contributed by atoms with E-state index in [9.17, 15) is 4.79 Å². The predicted molar refractivity (Wildman–Crippen MR) is 102 cm³/mol. The average molecular weight is 351 g/mol. The summed E-state index contributed by atoms with van der Waals surface area (Å²) in [5.74, 6) is 0.189. The number of para-hydroxylation sites is 1. The van der Waals surface area contributed by atoms with Gasteiger partial charge in [0.25, 0.3) is 0 Å². The number of carbonyl (C=O) groups is 1. The molecule has 1 aromatic heterocycles. The van der Waals surface area contributed by atoms with Crippen LogP contribution in [-0.4, -0.2) is 35.3 Å². The average Bonchev–Trinajstić information content (AvgIpc) is 3.07. The number of halogens is 1. The second kappa shape index (κ2) is 6.58. The summed E-state index contributed by atoms with van der Waals surface area (Å²) in [7, 11) is 2.03. The first-order valence-corrected chi connectivity index (χ1v) is 8.91. The van der Waals surface area contributed by atoms with Crippen LogP contribution < -0.4 is 0 Å². The Kier molecular flexibility index (Phi) is 4.28. The molecule has 1 aliphatic heterocycles. The molecule has 3 aromatic rings. The summed E-state index contributed by atoms with van der Waals surface area (Å²) in [4.78, 5) is 20.1. The summed E-state index contributed by atoms with van der Waals surface area (Å²) < 4.78 is 0. The van der Waals surface area contributed by atoms with Crippen LogP contribution in [0, 0.1) is 0 Å². The zero-order chi connectivity index (χ0) is 17.4. The van der Waals surface area contributed by atoms with Crippen LogP contribution in [-0.2, 0) is 0 Å². The van der Waals surface area contributed by atoms with Crippen LogP contribution in [0.5, 0.6) is 0 Å². The van der Waals surface area contributed by atoms with E-state index in [4.69, 9.17) is 16.6 Å². The van der Waals surface area contributed by atoms with Crippen LogP contribution in [0.3, 0.4) is 0 Å². The highest BCUT2D eigenvalue weighted by Gasteiger charge is 2.29. The van der Waals surface area contributed by atoms with E-state index >= 15 is 0 Å². The van der Waals surface area contributed by atoms with E-state index in [1.54, 1.807) is 0 Å². The second-order valence-electron chi connectivity index (χ2n) is 6.58. The molecular formula is C21H19ClN2O. The third-order valence-electron chi connectivity index (χ3n) is 4.94. The lowest BCUT2D eigenvalue weighted by atomic mass is 9.96. The molecule has 0 radical (unpaired) electrons. The van der Waals surface area contributed by atoms with Gasteiger partial charge in [-0.05, 0) is 50.7 Å². The Bertz CT molecular complexity index is 936. The van der Waals surface area contributed by atoms with Gasteiger partial charge in [-0.1, -0.05) is 41.9 Å². The molecule has 4 heteroatoms. The van der Waals surface area contributed by atoms with Gasteiger partial charge < -0.3 is 0 Å². The molecule has 4 rings (SSSR count). The Labute approximate surface area is 152 Å². The quantitative estimate of drug-likeness (QED) is 0.634. The molecule has 25 heavy (non-hydrogen) atoms. The normalized spacial score (nSPS) is 17.9. The topological polar surface area (TPSA) is 33.2 Å². The van der Waals surface area contributed by atoms with Crippen LogP contribution in [0.15, 0.2) is 54.6 Å². The van der Waals surface area contributed by atoms with Crippen molar-refractivity contribution >= 4 is 28.3 Å². The van der Waals surface area contributed by atoms with Crippen molar-refractivity contribution in [2.75, 3.05) is 13.6 Å². The number of hydrogen-bond donors (Lipinski definition) is 0. The number of pyridine rings is 1. The molecule has 1 unspecified atom stereocenters. The number of Topliss-reactive ketones (excluding diaryl/α,β-unsaturated/α-hetero) is 1. The minimum absolute atomic E-state index is 0.0381. The number of ketones is 1. The van der Waals surface area contributed by atoms with E-state index in [-0.39, 0.29) is 11.8 Å².